The minimum atomic E-state index is -0.855. The van der Waals surface area contributed by atoms with Crippen LogP contribution in [0.15, 0.2) is 73.8 Å². The summed E-state index contributed by atoms with van der Waals surface area (Å²) in [7, 11) is 2.44. The third kappa shape index (κ3) is 15.1. The average molecular weight is 749 g/mol. The highest BCUT2D eigenvalue weighted by molar-refractivity contribution is 5.97. The van der Waals surface area contributed by atoms with Gasteiger partial charge in [0.1, 0.15) is 12.1 Å². The smallest absolute Gasteiger partial charge is 0.407 e. The largest absolute Gasteiger partial charge is 0.453 e. The molecule has 0 spiro atoms. The van der Waals surface area contributed by atoms with E-state index in [-0.39, 0.29) is 61.6 Å². The van der Waals surface area contributed by atoms with Crippen LogP contribution in [0.4, 0.5) is 21.0 Å². The molecule has 14 nitrogen and oxygen atoms in total. The van der Waals surface area contributed by atoms with E-state index in [2.05, 4.69) is 43.9 Å². The summed E-state index contributed by atoms with van der Waals surface area (Å²) in [5, 5.41) is 10.8. The topological polar surface area (TPSA) is 175 Å². The second-order valence-corrected chi connectivity index (χ2v) is 13.4. The first-order chi connectivity index (χ1) is 25.7. The number of rotatable bonds is 21. The van der Waals surface area contributed by atoms with Crippen molar-refractivity contribution < 1.29 is 38.2 Å². The fourth-order valence-corrected chi connectivity index (χ4v) is 5.37. The van der Waals surface area contributed by atoms with Gasteiger partial charge in [-0.1, -0.05) is 64.1 Å². The molecule has 0 aliphatic carbocycles. The van der Waals surface area contributed by atoms with Crippen molar-refractivity contribution in [2.75, 3.05) is 51.0 Å². The highest BCUT2D eigenvalue weighted by Crippen LogP contribution is 2.16. The lowest BCUT2D eigenvalue weighted by molar-refractivity contribution is -0.137. The van der Waals surface area contributed by atoms with Crippen LogP contribution in [0, 0.1) is 11.8 Å². The summed E-state index contributed by atoms with van der Waals surface area (Å²) in [4.78, 5) is 79.0. The summed E-state index contributed by atoms with van der Waals surface area (Å²) in [5.41, 5.74) is 3.26. The molecule has 6 amide bonds. The molecule has 54 heavy (non-hydrogen) atoms. The van der Waals surface area contributed by atoms with Gasteiger partial charge in [-0.15, -0.1) is 13.2 Å². The summed E-state index contributed by atoms with van der Waals surface area (Å²) < 4.78 is 9.33. The van der Waals surface area contributed by atoms with E-state index in [1.165, 1.54) is 24.0 Å². The highest BCUT2D eigenvalue weighted by Gasteiger charge is 2.31. The number of ether oxygens (including phenoxy) is 2. The van der Waals surface area contributed by atoms with Crippen LogP contribution in [0.5, 0.6) is 0 Å². The van der Waals surface area contributed by atoms with Gasteiger partial charge in [-0.25, -0.2) is 9.59 Å². The van der Waals surface area contributed by atoms with Crippen molar-refractivity contribution in [2.24, 2.45) is 11.8 Å². The Morgan fingerprint density at radius 2 is 0.944 bits per heavy atom. The number of methoxy groups -OCH3 is 2. The Labute approximate surface area is 318 Å². The molecule has 0 fully saturated rings. The molecule has 0 saturated heterocycles. The van der Waals surface area contributed by atoms with Crippen LogP contribution >= 0.6 is 0 Å². The molecule has 0 bridgehead atoms. The van der Waals surface area contributed by atoms with E-state index >= 15 is 0 Å². The minimum Gasteiger partial charge on any atom is -0.453 e. The molecule has 0 aliphatic rings. The molecule has 0 aliphatic heterocycles. The monoisotopic (exact) mass is 748 g/mol. The molecule has 2 rings (SSSR count). The number of nitrogens with one attached hydrogen (secondary N) is 4. The number of hydrogen-bond donors (Lipinski definition) is 4. The lowest BCUT2D eigenvalue weighted by Crippen LogP contribution is -2.53. The van der Waals surface area contributed by atoms with E-state index in [4.69, 9.17) is 0 Å². The maximum atomic E-state index is 13.3. The first-order valence-corrected chi connectivity index (χ1v) is 18.0. The summed E-state index contributed by atoms with van der Waals surface area (Å²) in [6.45, 7) is 14.7. The van der Waals surface area contributed by atoms with Gasteiger partial charge in [0.15, 0.2) is 0 Å². The van der Waals surface area contributed by atoms with Crippen molar-refractivity contribution in [3.8, 4) is 0 Å². The van der Waals surface area contributed by atoms with Crippen LogP contribution in [-0.2, 0) is 41.5 Å². The lowest BCUT2D eigenvalue weighted by atomic mass is 10.0. The van der Waals surface area contributed by atoms with Gasteiger partial charge in [0.05, 0.1) is 27.3 Å². The molecule has 294 valence electrons. The first kappa shape index (κ1) is 44.5. The number of anilines is 2. The lowest BCUT2D eigenvalue weighted by Gasteiger charge is -2.29. The highest BCUT2D eigenvalue weighted by atomic mass is 16.5. The molecule has 14 heteroatoms. The van der Waals surface area contributed by atoms with Crippen LogP contribution < -0.4 is 21.3 Å². The molecule has 0 heterocycles. The molecule has 2 atom stereocenters. The number of benzene rings is 2. The van der Waals surface area contributed by atoms with Crippen LogP contribution in [0.1, 0.15) is 51.7 Å². The molecule has 0 unspecified atom stereocenters. The Kier molecular flexibility index (Phi) is 19.0. The normalized spacial score (nSPS) is 11.8. The number of nitrogens with zero attached hydrogens (tertiary/aromatic N) is 2. The fraction of sp³-hybridized carbons (Fsp3) is 0.450. The minimum absolute atomic E-state index is 0.199. The van der Waals surface area contributed by atoms with Gasteiger partial charge >= 0.3 is 12.2 Å². The molecule has 2 aromatic carbocycles. The van der Waals surface area contributed by atoms with Crippen LogP contribution in [0.25, 0.3) is 0 Å². The predicted octanol–water partition coefficient (Wildman–Crippen LogP) is 4.92. The number of hydrogen-bond acceptors (Lipinski definition) is 8. The molecule has 0 aromatic heterocycles. The van der Waals surface area contributed by atoms with E-state index in [1.807, 2.05) is 24.3 Å². The van der Waals surface area contributed by atoms with Gasteiger partial charge in [-0.2, -0.15) is 0 Å². The Bertz CT molecular complexity index is 1460. The van der Waals surface area contributed by atoms with Crippen molar-refractivity contribution in [1.29, 1.82) is 0 Å². The SMILES string of the molecule is C=CCCN(CC(=O)Nc1ccc(CCc2ccc(NC(=O)CN(CCC=C)C(=O)[C@@H](NC(=O)OC)C(C)C)cc2)cc1)C(=O)[C@@H](NC(=O)OC)C(C)C. The zero-order chi connectivity index (χ0) is 40.2. The Balaban J connectivity index is 1.96. The van der Waals surface area contributed by atoms with Gasteiger partial charge in [0.2, 0.25) is 23.6 Å². The molecule has 2 aromatic rings. The zero-order valence-electron chi connectivity index (χ0n) is 32.3. The number of amides is 6. The number of carbonyl (C=O) groups excluding carboxylic acids is 6. The van der Waals surface area contributed by atoms with Gasteiger partial charge in [-0.05, 0) is 72.9 Å². The molecular weight excluding hydrogens is 692 g/mol. The first-order valence-electron chi connectivity index (χ1n) is 18.0. The second-order valence-electron chi connectivity index (χ2n) is 13.4. The quantitative estimate of drug-likeness (QED) is 0.130. The second kappa shape index (κ2) is 23.1. The van der Waals surface area contributed by atoms with Crippen LogP contribution in [0.2, 0.25) is 0 Å². The van der Waals surface area contributed by atoms with Gasteiger partial charge in [0.25, 0.3) is 0 Å². The zero-order valence-corrected chi connectivity index (χ0v) is 32.3. The van der Waals surface area contributed by atoms with E-state index in [9.17, 15) is 28.8 Å². The van der Waals surface area contributed by atoms with E-state index in [0.717, 1.165) is 24.0 Å². The summed E-state index contributed by atoms with van der Waals surface area (Å²) in [6, 6.07) is 13.2. The van der Waals surface area contributed by atoms with Gasteiger partial charge in [0, 0.05) is 24.5 Å². The third-order valence-electron chi connectivity index (χ3n) is 8.46. The van der Waals surface area contributed by atoms with Crippen molar-refractivity contribution >= 4 is 47.2 Å². The Hall–Kier alpha value is -5.66. The van der Waals surface area contributed by atoms with Gasteiger partial charge < -0.3 is 40.5 Å². The van der Waals surface area contributed by atoms with E-state index in [1.54, 1.807) is 64.1 Å². The number of aryl methyl sites for hydroxylation is 2. The van der Waals surface area contributed by atoms with Crippen molar-refractivity contribution in [3.05, 3.63) is 85.0 Å². The Morgan fingerprint density at radius 1 is 0.611 bits per heavy atom. The fourth-order valence-electron chi connectivity index (χ4n) is 5.37. The maximum absolute atomic E-state index is 13.3. The van der Waals surface area contributed by atoms with Crippen LogP contribution in [-0.4, -0.2) is 98.1 Å². The third-order valence-corrected chi connectivity index (χ3v) is 8.46. The number of carbonyl (C=O) groups is 6. The van der Waals surface area contributed by atoms with Gasteiger partial charge in [-0.3, -0.25) is 19.2 Å². The van der Waals surface area contributed by atoms with Crippen LogP contribution in [0.3, 0.4) is 0 Å². The predicted molar refractivity (Wildman–Crippen MR) is 209 cm³/mol. The standard InChI is InChI=1S/C40H56N6O8/c1-9-11-23-45(37(49)35(27(3)4)43-39(51)53-7)25-33(47)41-31-19-15-29(16-20-31)13-14-30-17-21-32(22-18-30)42-34(48)26-46(24-12-10-2)38(50)36(28(5)6)44-40(52)54-8/h9-10,15-22,27-28,35-36H,1-2,11-14,23-26H2,3-8H3,(H,41,47)(H,42,48)(H,43,51)(H,44,52)/t35-,36-/m0/s1. The molecule has 0 saturated carbocycles. The molecule has 4 N–H and O–H groups in total. The molecule has 0 radical (unpaired) electrons. The number of alkyl carbamates (subject to hydrolysis) is 2. The van der Waals surface area contributed by atoms with E-state index < -0.39 is 24.3 Å². The Morgan fingerprint density at radius 3 is 1.22 bits per heavy atom. The molecular formula is C40H56N6O8. The van der Waals surface area contributed by atoms with Crippen molar-refractivity contribution in [2.45, 2.75) is 65.5 Å². The summed E-state index contributed by atoms with van der Waals surface area (Å²) in [6.07, 6.45) is 4.27. The summed E-state index contributed by atoms with van der Waals surface area (Å²) in [5.74, 6) is -1.98. The van der Waals surface area contributed by atoms with Crippen molar-refractivity contribution in [3.63, 3.8) is 0 Å². The maximum Gasteiger partial charge on any atom is 0.407 e. The average Bonchev–Trinajstić information content (AvgIpc) is 3.15. The summed E-state index contributed by atoms with van der Waals surface area (Å²) >= 11 is 0. The van der Waals surface area contributed by atoms with Crippen molar-refractivity contribution in [1.82, 2.24) is 20.4 Å². The van der Waals surface area contributed by atoms with E-state index in [0.29, 0.717) is 24.2 Å².